The average molecular weight is 379 g/mol. The van der Waals surface area contributed by atoms with Crippen molar-refractivity contribution in [3.05, 3.63) is 29.3 Å². The zero-order valence-electron chi connectivity index (χ0n) is 11.2. The molecule has 0 saturated carbocycles. The van der Waals surface area contributed by atoms with E-state index in [-0.39, 0.29) is 24.0 Å². The topological polar surface area (TPSA) is 50.4 Å². The number of nitrogens with one attached hydrogen (secondary N) is 1. The van der Waals surface area contributed by atoms with Gasteiger partial charge in [-0.1, -0.05) is 6.07 Å². The van der Waals surface area contributed by atoms with E-state index in [1.807, 2.05) is 17.8 Å². The Morgan fingerprint density at radius 3 is 2.67 bits per heavy atom. The van der Waals surface area contributed by atoms with Crippen molar-refractivity contribution in [1.29, 1.82) is 0 Å². The smallest absolute Gasteiger partial charge is 0.193 e. The summed E-state index contributed by atoms with van der Waals surface area (Å²) in [5.41, 5.74) is 9.35. The quantitative estimate of drug-likeness (QED) is 0.357. The van der Waals surface area contributed by atoms with E-state index in [1.54, 1.807) is 0 Å². The average Bonchev–Trinajstić information content (AvgIpc) is 2.30. The molecule has 0 aliphatic heterocycles. The molecular formula is C13H22IN3S. The highest BCUT2D eigenvalue weighted by Crippen LogP contribution is 2.13. The van der Waals surface area contributed by atoms with Crippen LogP contribution in [0.25, 0.3) is 0 Å². The fourth-order valence-electron chi connectivity index (χ4n) is 1.41. The number of rotatable bonds is 5. The van der Waals surface area contributed by atoms with Crippen LogP contribution in [-0.2, 0) is 0 Å². The highest BCUT2D eigenvalue weighted by atomic mass is 127. The summed E-state index contributed by atoms with van der Waals surface area (Å²) < 4.78 is 0. The molecule has 1 aromatic carbocycles. The van der Waals surface area contributed by atoms with Crippen LogP contribution in [0.5, 0.6) is 0 Å². The Morgan fingerprint density at radius 1 is 1.33 bits per heavy atom. The van der Waals surface area contributed by atoms with Crippen LogP contribution in [0.1, 0.15) is 17.5 Å². The number of aliphatic imine (C=N–C) groups is 1. The Morgan fingerprint density at radius 2 is 2.06 bits per heavy atom. The Balaban J connectivity index is 0.00000289. The number of benzene rings is 1. The van der Waals surface area contributed by atoms with E-state index in [0.29, 0.717) is 5.96 Å². The predicted molar refractivity (Wildman–Crippen MR) is 94.4 cm³/mol. The number of hydrogen-bond acceptors (Lipinski definition) is 2. The molecule has 0 unspecified atom stereocenters. The van der Waals surface area contributed by atoms with Crippen molar-refractivity contribution in [2.75, 3.05) is 23.9 Å². The molecule has 1 rings (SSSR count). The third-order valence-electron chi connectivity index (χ3n) is 2.57. The first-order valence-electron chi connectivity index (χ1n) is 5.76. The van der Waals surface area contributed by atoms with E-state index < -0.39 is 0 Å². The fourth-order valence-corrected chi connectivity index (χ4v) is 1.83. The first-order chi connectivity index (χ1) is 8.13. The van der Waals surface area contributed by atoms with Crippen molar-refractivity contribution in [2.45, 2.75) is 20.3 Å². The molecule has 1 aromatic rings. The van der Waals surface area contributed by atoms with Crippen molar-refractivity contribution >= 4 is 47.4 Å². The first-order valence-corrected chi connectivity index (χ1v) is 7.16. The lowest BCUT2D eigenvalue weighted by Gasteiger charge is -2.07. The van der Waals surface area contributed by atoms with Crippen LogP contribution in [0.2, 0.25) is 0 Å². The zero-order chi connectivity index (χ0) is 12.7. The van der Waals surface area contributed by atoms with Gasteiger partial charge in [0.15, 0.2) is 5.96 Å². The summed E-state index contributed by atoms with van der Waals surface area (Å²) in [7, 11) is 0. The number of anilines is 1. The second-order valence-corrected chi connectivity index (χ2v) is 5.02. The molecule has 0 aromatic heterocycles. The van der Waals surface area contributed by atoms with E-state index in [1.165, 1.54) is 11.1 Å². The third-order valence-corrected chi connectivity index (χ3v) is 3.26. The van der Waals surface area contributed by atoms with Crippen molar-refractivity contribution in [1.82, 2.24) is 0 Å². The van der Waals surface area contributed by atoms with Gasteiger partial charge in [-0.25, -0.2) is 0 Å². The number of nitrogens with two attached hydrogens (primary N) is 1. The largest absolute Gasteiger partial charge is 0.370 e. The summed E-state index contributed by atoms with van der Waals surface area (Å²) in [6, 6.07) is 6.19. The van der Waals surface area contributed by atoms with Gasteiger partial charge in [-0.3, -0.25) is 4.99 Å². The van der Waals surface area contributed by atoms with Gasteiger partial charge in [-0.05, 0) is 55.5 Å². The van der Waals surface area contributed by atoms with E-state index >= 15 is 0 Å². The molecule has 3 nitrogen and oxygen atoms in total. The maximum Gasteiger partial charge on any atom is 0.193 e. The van der Waals surface area contributed by atoms with Gasteiger partial charge in [-0.15, -0.1) is 24.0 Å². The van der Waals surface area contributed by atoms with E-state index in [2.05, 4.69) is 42.5 Å². The van der Waals surface area contributed by atoms with Gasteiger partial charge in [0.25, 0.3) is 0 Å². The fraction of sp³-hybridized carbons (Fsp3) is 0.462. The summed E-state index contributed by atoms with van der Waals surface area (Å²) in [6.45, 7) is 4.97. The van der Waals surface area contributed by atoms with Crippen LogP contribution in [0.15, 0.2) is 23.2 Å². The molecule has 0 fully saturated rings. The molecule has 0 bridgehead atoms. The molecule has 0 aliphatic rings. The molecule has 18 heavy (non-hydrogen) atoms. The third kappa shape index (κ3) is 6.49. The van der Waals surface area contributed by atoms with E-state index in [9.17, 15) is 0 Å². The van der Waals surface area contributed by atoms with Crippen LogP contribution in [-0.4, -0.2) is 24.5 Å². The lowest BCUT2D eigenvalue weighted by Crippen LogP contribution is -2.23. The number of halogens is 1. The molecule has 0 heterocycles. The summed E-state index contributed by atoms with van der Waals surface area (Å²) in [5.74, 6) is 1.62. The molecule has 102 valence electrons. The van der Waals surface area contributed by atoms with E-state index in [4.69, 9.17) is 5.73 Å². The molecule has 3 N–H and O–H groups in total. The maximum absolute atomic E-state index is 5.81. The van der Waals surface area contributed by atoms with Crippen molar-refractivity contribution in [3.8, 4) is 0 Å². The Bertz CT molecular complexity index is 394. The van der Waals surface area contributed by atoms with Crippen molar-refractivity contribution in [3.63, 3.8) is 0 Å². The number of aryl methyl sites for hydroxylation is 2. The summed E-state index contributed by atoms with van der Waals surface area (Å²) in [5, 5.41) is 3.11. The van der Waals surface area contributed by atoms with Gasteiger partial charge < -0.3 is 11.1 Å². The van der Waals surface area contributed by atoms with Gasteiger partial charge in [0.05, 0.1) is 0 Å². The van der Waals surface area contributed by atoms with Gasteiger partial charge in [0.2, 0.25) is 0 Å². The number of thioether (sulfide) groups is 1. The van der Waals surface area contributed by atoms with Gasteiger partial charge in [-0.2, -0.15) is 11.8 Å². The second kappa shape index (κ2) is 9.49. The summed E-state index contributed by atoms with van der Waals surface area (Å²) >= 11 is 1.83. The standard InChI is InChI=1S/C13H21N3S.HI/c1-10-5-6-12(9-11(10)2)16-13(14)15-7-4-8-17-3;/h5-6,9H,4,7-8H2,1-3H3,(H3,14,15,16);1H. The molecule has 0 atom stereocenters. The molecule has 0 saturated heterocycles. The molecule has 5 heteroatoms. The Labute approximate surface area is 131 Å². The number of hydrogen-bond donors (Lipinski definition) is 2. The number of nitrogens with zero attached hydrogens (tertiary/aromatic N) is 1. The van der Waals surface area contributed by atoms with Crippen LogP contribution in [0.3, 0.4) is 0 Å². The van der Waals surface area contributed by atoms with Crippen molar-refractivity contribution < 1.29 is 0 Å². The van der Waals surface area contributed by atoms with Gasteiger partial charge >= 0.3 is 0 Å². The van der Waals surface area contributed by atoms with Gasteiger partial charge in [0, 0.05) is 12.2 Å². The molecular weight excluding hydrogens is 357 g/mol. The highest BCUT2D eigenvalue weighted by molar-refractivity contribution is 14.0. The molecule has 0 amide bonds. The monoisotopic (exact) mass is 379 g/mol. The number of guanidine groups is 1. The van der Waals surface area contributed by atoms with Crippen LogP contribution in [0.4, 0.5) is 5.69 Å². The van der Waals surface area contributed by atoms with E-state index in [0.717, 1.165) is 24.4 Å². The van der Waals surface area contributed by atoms with Crippen molar-refractivity contribution in [2.24, 2.45) is 10.7 Å². The zero-order valence-corrected chi connectivity index (χ0v) is 14.3. The summed E-state index contributed by atoms with van der Waals surface area (Å²) in [6.07, 6.45) is 3.16. The van der Waals surface area contributed by atoms with Crippen LogP contribution in [0, 0.1) is 13.8 Å². The second-order valence-electron chi connectivity index (χ2n) is 4.04. The first kappa shape index (κ1) is 17.6. The SMILES string of the molecule is CSCCCN=C(N)Nc1ccc(C)c(C)c1.I. The van der Waals surface area contributed by atoms with Crippen LogP contribution < -0.4 is 11.1 Å². The lowest BCUT2D eigenvalue weighted by atomic mass is 10.1. The highest BCUT2D eigenvalue weighted by Gasteiger charge is 1.97. The van der Waals surface area contributed by atoms with Gasteiger partial charge in [0.1, 0.15) is 0 Å². The predicted octanol–water partition coefficient (Wildman–Crippen LogP) is 3.40. The summed E-state index contributed by atoms with van der Waals surface area (Å²) in [4.78, 5) is 4.28. The lowest BCUT2D eigenvalue weighted by molar-refractivity contribution is 0.941. The van der Waals surface area contributed by atoms with Crippen LogP contribution >= 0.6 is 35.7 Å². The Hall–Kier alpha value is -0.430. The molecule has 0 spiro atoms. The minimum atomic E-state index is 0. The minimum Gasteiger partial charge on any atom is -0.370 e. The Kier molecular flexibility index (Phi) is 9.27. The minimum absolute atomic E-state index is 0. The molecule has 0 radical (unpaired) electrons. The molecule has 0 aliphatic carbocycles. The maximum atomic E-state index is 5.81. The normalized spacial score (nSPS) is 10.9.